The van der Waals surface area contributed by atoms with Crippen molar-refractivity contribution in [2.24, 2.45) is 0 Å². The van der Waals surface area contributed by atoms with Gasteiger partial charge in [-0.3, -0.25) is 0 Å². The van der Waals surface area contributed by atoms with Crippen LogP contribution in [0.3, 0.4) is 0 Å². The second-order valence-corrected chi connectivity index (χ2v) is 5.29. The maximum atomic E-state index is 11.8. The average Bonchev–Trinajstić information content (AvgIpc) is 2.42. The van der Waals surface area contributed by atoms with Gasteiger partial charge in [0.25, 0.3) is 0 Å². The number of hydrogen-bond donors (Lipinski definition) is 1. The van der Waals surface area contributed by atoms with Crippen molar-refractivity contribution in [1.82, 2.24) is 0 Å². The predicted octanol–water partition coefficient (Wildman–Crippen LogP) is 2.78. The van der Waals surface area contributed by atoms with Crippen molar-refractivity contribution < 1.29 is 19.4 Å². The molecular formula is C16H18O4. The van der Waals surface area contributed by atoms with E-state index in [-0.39, 0.29) is 6.61 Å². The van der Waals surface area contributed by atoms with Crippen LogP contribution in [0, 0.1) is 0 Å². The molecular weight excluding hydrogens is 256 g/mol. The highest BCUT2D eigenvalue weighted by Gasteiger charge is 2.18. The molecule has 0 radical (unpaired) electrons. The second kappa shape index (κ2) is 5.51. The fourth-order valence-corrected chi connectivity index (χ4v) is 1.86. The van der Waals surface area contributed by atoms with Crippen molar-refractivity contribution in [3.05, 3.63) is 42.0 Å². The standard InChI is InChI=1S/C16H18O4/c1-16(2,18)10-20-14-9-12-7-5-4-6-11(12)8-13(14)15(17)19-3/h4-9,18H,10H2,1-3H3. The molecule has 0 bridgehead atoms. The molecule has 0 heterocycles. The Morgan fingerprint density at radius 3 is 2.35 bits per heavy atom. The van der Waals surface area contributed by atoms with E-state index in [1.165, 1.54) is 7.11 Å². The summed E-state index contributed by atoms with van der Waals surface area (Å²) >= 11 is 0. The Kier molecular flexibility index (Phi) is 3.95. The number of fused-ring (bicyclic) bond motifs is 1. The molecule has 0 aliphatic heterocycles. The molecule has 0 spiro atoms. The lowest BCUT2D eigenvalue weighted by molar-refractivity contribution is 0.0273. The normalized spacial score (nSPS) is 11.4. The molecule has 0 aliphatic rings. The third-order valence-corrected chi connectivity index (χ3v) is 2.83. The van der Waals surface area contributed by atoms with Crippen LogP contribution in [0.5, 0.6) is 5.75 Å². The van der Waals surface area contributed by atoms with Crippen LogP contribution >= 0.6 is 0 Å². The zero-order valence-electron chi connectivity index (χ0n) is 11.8. The van der Waals surface area contributed by atoms with Gasteiger partial charge in [-0.1, -0.05) is 24.3 Å². The molecule has 2 rings (SSSR count). The Balaban J connectivity index is 2.46. The second-order valence-electron chi connectivity index (χ2n) is 5.29. The molecule has 0 unspecified atom stereocenters. The Labute approximate surface area is 117 Å². The van der Waals surface area contributed by atoms with Crippen molar-refractivity contribution in [3.63, 3.8) is 0 Å². The molecule has 2 aromatic carbocycles. The van der Waals surface area contributed by atoms with Gasteiger partial charge in [0.2, 0.25) is 0 Å². The fraction of sp³-hybridized carbons (Fsp3) is 0.312. The van der Waals surface area contributed by atoms with E-state index < -0.39 is 11.6 Å². The summed E-state index contributed by atoms with van der Waals surface area (Å²) < 4.78 is 10.4. The van der Waals surface area contributed by atoms with Crippen LogP contribution in [-0.2, 0) is 4.74 Å². The first-order valence-electron chi connectivity index (χ1n) is 6.37. The van der Waals surface area contributed by atoms with Crippen molar-refractivity contribution in [2.45, 2.75) is 19.4 Å². The van der Waals surface area contributed by atoms with Gasteiger partial charge in [-0.2, -0.15) is 0 Å². The average molecular weight is 274 g/mol. The van der Waals surface area contributed by atoms with Gasteiger partial charge in [0.15, 0.2) is 0 Å². The molecule has 0 saturated heterocycles. The first-order valence-corrected chi connectivity index (χ1v) is 6.37. The largest absolute Gasteiger partial charge is 0.490 e. The SMILES string of the molecule is COC(=O)c1cc2ccccc2cc1OCC(C)(C)O. The van der Waals surface area contributed by atoms with E-state index >= 15 is 0 Å². The van der Waals surface area contributed by atoms with E-state index in [2.05, 4.69) is 0 Å². The molecule has 20 heavy (non-hydrogen) atoms. The monoisotopic (exact) mass is 274 g/mol. The van der Waals surface area contributed by atoms with Gasteiger partial charge in [-0.15, -0.1) is 0 Å². The van der Waals surface area contributed by atoms with Crippen LogP contribution in [0.4, 0.5) is 0 Å². The number of methoxy groups -OCH3 is 1. The molecule has 0 fully saturated rings. The van der Waals surface area contributed by atoms with Gasteiger partial charge in [0.1, 0.15) is 17.9 Å². The van der Waals surface area contributed by atoms with Crippen molar-refractivity contribution >= 4 is 16.7 Å². The molecule has 106 valence electrons. The van der Waals surface area contributed by atoms with Crippen molar-refractivity contribution in [3.8, 4) is 5.75 Å². The van der Waals surface area contributed by atoms with E-state index in [1.54, 1.807) is 26.0 Å². The van der Waals surface area contributed by atoms with Gasteiger partial charge < -0.3 is 14.6 Å². The number of esters is 1. The van der Waals surface area contributed by atoms with Gasteiger partial charge in [0.05, 0.1) is 12.7 Å². The highest BCUT2D eigenvalue weighted by atomic mass is 16.5. The van der Waals surface area contributed by atoms with Crippen LogP contribution in [0.1, 0.15) is 24.2 Å². The number of carbonyl (C=O) groups is 1. The van der Waals surface area contributed by atoms with E-state index in [1.807, 2.05) is 24.3 Å². The number of benzene rings is 2. The fourth-order valence-electron chi connectivity index (χ4n) is 1.86. The maximum absolute atomic E-state index is 11.8. The number of ether oxygens (including phenoxy) is 2. The zero-order valence-corrected chi connectivity index (χ0v) is 11.8. The third kappa shape index (κ3) is 3.27. The number of hydrogen-bond acceptors (Lipinski definition) is 4. The molecule has 2 aromatic rings. The predicted molar refractivity (Wildman–Crippen MR) is 77.1 cm³/mol. The molecule has 4 heteroatoms. The van der Waals surface area contributed by atoms with Crippen LogP contribution in [0.2, 0.25) is 0 Å². The Morgan fingerprint density at radius 1 is 1.20 bits per heavy atom. The zero-order chi connectivity index (χ0) is 14.8. The van der Waals surface area contributed by atoms with E-state index in [0.29, 0.717) is 11.3 Å². The van der Waals surface area contributed by atoms with E-state index in [0.717, 1.165) is 10.8 Å². The molecule has 4 nitrogen and oxygen atoms in total. The van der Waals surface area contributed by atoms with Crippen LogP contribution in [-0.4, -0.2) is 30.4 Å². The summed E-state index contributed by atoms with van der Waals surface area (Å²) in [6.45, 7) is 3.38. The molecule has 0 atom stereocenters. The summed E-state index contributed by atoms with van der Waals surface area (Å²) in [4.78, 5) is 11.8. The minimum absolute atomic E-state index is 0.0926. The van der Waals surface area contributed by atoms with Crippen molar-refractivity contribution in [2.75, 3.05) is 13.7 Å². The van der Waals surface area contributed by atoms with Gasteiger partial charge in [-0.25, -0.2) is 4.79 Å². The highest BCUT2D eigenvalue weighted by Crippen LogP contribution is 2.27. The minimum Gasteiger partial charge on any atom is -0.490 e. The highest BCUT2D eigenvalue weighted by molar-refractivity contribution is 5.98. The third-order valence-electron chi connectivity index (χ3n) is 2.83. The summed E-state index contributed by atoms with van der Waals surface area (Å²) in [5.74, 6) is -0.0424. The summed E-state index contributed by atoms with van der Waals surface area (Å²) in [5.41, 5.74) is -0.616. The van der Waals surface area contributed by atoms with Gasteiger partial charge in [-0.05, 0) is 36.8 Å². The Hall–Kier alpha value is -2.07. The molecule has 0 aliphatic carbocycles. The number of carbonyl (C=O) groups excluding carboxylic acids is 1. The maximum Gasteiger partial charge on any atom is 0.341 e. The lowest BCUT2D eigenvalue weighted by Crippen LogP contribution is -2.28. The molecule has 1 N–H and O–H groups in total. The van der Waals surface area contributed by atoms with E-state index in [4.69, 9.17) is 9.47 Å². The first-order chi connectivity index (χ1) is 9.40. The quantitative estimate of drug-likeness (QED) is 0.871. The van der Waals surface area contributed by atoms with Crippen LogP contribution < -0.4 is 4.74 Å². The smallest absolute Gasteiger partial charge is 0.341 e. The van der Waals surface area contributed by atoms with E-state index in [9.17, 15) is 9.90 Å². The Bertz CT molecular complexity index is 626. The topological polar surface area (TPSA) is 55.8 Å². The summed E-state index contributed by atoms with van der Waals surface area (Å²) in [6.07, 6.45) is 0. The molecule has 0 aromatic heterocycles. The van der Waals surface area contributed by atoms with Gasteiger partial charge >= 0.3 is 5.97 Å². The minimum atomic E-state index is -0.973. The van der Waals surface area contributed by atoms with Gasteiger partial charge in [0, 0.05) is 0 Å². The number of aliphatic hydroxyl groups is 1. The lowest BCUT2D eigenvalue weighted by atomic mass is 10.1. The first kappa shape index (κ1) is 14.3. The molecule has 0 amide bonds. The lowest BCUT2D eigenvalue weighted by Gasteiger charge is -2.19. The van der Waals surface area contributed by atoms with Crippen LogP contribution in [0.15, 0.2) is 36.4 Å². The summed E-state index contributed by atoms with van der Waals surface area (Å²) in [6, 6.07) is 11.2. The summed E-state index contributed by atoms with van der Waals surface area (Å²) in [5, 5.41) is 11.6. The summed E-state index contributed by atoms with van der Waals surface area (Å²) in [7, 11) is 1.33. The number of rotatable bonds is 4. The molecule has 0 saturated carbocycles. The van der Waals surface area contributed by atoms with Crippen LogP contribution in [0.25, 0.3) is 10.8 Å². The Morgan fingerprint density at radius 2 is 1.80 bits per heavy atom. The van der Waals surface area contributed by atoms with Crippen molar-refractivity contribution in [1.29, 1.82) is 0 Å².